The number of amides is 1. The predicted molar refractivity (Wildman–Crippen MR) is 82.7 cm³/mol. The molecule has 1 aliphatic rings. The molecule has 24 heavy (non-hydrogen) atoms. The number of carbonyl (C=O) groups excluding carboxylic acids is 1. The van der Waals surface area contributed by atoms with E-state index in [4.69, 9.17) is 14.0 Å². The lowest BCUT2D eigenvalue weighted by Crippen LogP contribution is -2.29. The lowest BCUT2D eigenvalue weighted by molar-refractivity contribution is 0.0859. The molecule has 0 aliphatic carbocycles. The summed E-state index contributed by atoms with van der Waals surface area (Å²) in [5, 5.41) is 6.54. The van der Waals surface area contributed by atoms with E-state index in [1.165, 1.54) is 12.1 Å². The second-order valence-electron chi connectivity index (χ2n) is 5.70. The summed E-state index contributed by atoms with van der Waals surface area (Å²) in [4.78, 5) is 12.0. The molecule has 6 nitrogen and oxygen atoms in total. The van der Waals surface area contributed by atoms with Crippen LogP contribution in [0.1, 0.15) is 28.2 Å². The number of nitrogens with zero attached hydrogens (tertiary/aromatic N) is 1. The molecule has 7 heteroatoms. The average Bonchev–Trinajstić information content (AvgIpc) is 3.26. The van der Waals surface area contributed by atoms with Crippen LogP contribution in [0.3, 0.4) is 0 Å². The fraction of sp³-hybridized carbons (Fsp3) is 0.412. The second-order valence-corrected chi connectivity index (χ2v) is 5.70. The van der Waals surface area contributed by atoms with Gasteiger partial charge in [-0.1, -0.05) is 23.4 Å². The van der Waals surface area contributed by atoms with Gasteiger partial charge in [-0.2, -0.15) is 0 Å². The maximum Gasteiger partial charge on any atom is 0.273 e. The fourth-order valence-electron chi connectivity index (χ4n) is 2.44. The second kappa shape index (κ2) is 8.03. The molecule has 1 N–H and O–H groups in total. The van der Waals surface area contributed by atoms with Gasteiger partial charge in [-0.25, -0.2) is 4.39 Å². The Labute approximate surface area is 138 Å². The summed E-state index contributed by atoms with van der Waals surface area (Å²) in [7, 11) is 0. The van der Waals surface area contributed by atoms with E-state index in [0.717, 1.165) is 13.0 Å². The van der Waals surface area contributed by atoms with E-state index in [9.17, 15) is 9.18 Å². The zero-order valence-electron chi connectivity index (χ0n) is 13.2. The Kier molecular flexibility index (Phi) is 5.55. The number of ether oxygens (including phenoxy) is 2. The molecule has 1 amide bonds. The van der Waals surface area contributed by atoms with Gasteiger partial charge in [-0.05, 0) is 12.5 Å². The summed E-state index contributed by atoms with van der Waals surface area (Å²) in [6.07, 6.45) is 0.953. The number of aromatic nitrogens is 1. The van der Waals surface area contributed by atoms with Crippen molar-refractivity contribution in [2.75, 3.05) is 19.8 Å². The Hall–Kier alpha value is -2.25. The predicted octanol–water partition coefficient (Wildman–Crippen LogP) is 2.30. The maximum absolute atomic E-state index is 13.5. The van der Waals surface area contributed by atoms with E-state index < -0.39 is 0 Å². The van der Waals surface area contributed by atoms with Crippen molar-refractivity contribution in [2.45, 2.75) is 19.6 Å². The van der Waals surface area contributed by atoms with E-state index in [1.54, 1.807) is 18.2 Å². The van der Waals surface area contributed by atoms with E-state index in [0.29, 0.717) is 30.4 Å². The van der Waals surface area contributed by atoms with Gasteiger partial charge in [0.2, 0.25) is 0 Å². The van der Waals surface area contributed by atoms with Crippen molar-refractivity contribution in [1.29, 1.82) is 0 Å². The van der Waals surface area contributed by atoms with Gasteiger partial charge in [0.1, 0.15) is 12.4 Å². The van der Waals surface area contributed by atoms with Crippen molar-refractivity contribution in [2.24, 2.45) is 5.92 Å². The van der Waals surface area contributed by atoms with Crippen molar-refractivity contribution >= 4 is 5.91 Å². The Morgan fingerprint density at radius 2 is 2.25 bits per heavy atom. The van der Waals surface area contributed by atoms with Crippen LogP contribution in [0.5, 0.6) is 0 Å². The first-order valence-corrected chi connectivity index (χ1v) is 7.85. The largest absolute Gasteiger partial charge is 0.381 e. The molecule has 1 aromatic heterocycles. The van der Waals surface area contributed by atoms with Crippen LogP contribution >= 0.6 is 0 Å². The molecule has 2 heterocycles. The Balaban J connectivity index is 1.44. The van der Waals surface area contributed by atoms with Crippen molar-refractivity contribution in [3.8, 4) is 0 Å². The van der Waals surface area contributed by atoms with E-state index in [1.807, 2.05) is 0 Å². The van der Waals surface area contributed by atoms with Gasteiger partial charge in [0, 0.05) is 30.7 Å². The maximum atomic E-state index is 13.5. The zero-order valence-corrected chi connectivity index (χ0v) is 13.2. The number of halogens is 1. The van der Waals surface area contributed by atoms with Crippen LogP contribution in [-0.2, 0) is 22.7 Å². The minimum absolute atomic E-state index is 0.116. The first kappa shape index (κ1) is 16.6. The molecule has 3 rings (SSSR count). The molecule has 0 bridgehead atoms. The minimum atomic E-state index is -0.314. The highest BCUT2D eigenvalue weighted by atomic mass is 19.1. The summed E-state index contributed by atoms with van der Waals surface area (Å²) >= 11 is 0. The molecule has 0 spiro atoms. The van der Waals surface area contributed by atoms with Crippen molar-refractivity contribution in [3.63, 3.8) is 0 Å². The number of carbonyl (C=O) groups is 1. The minimum Gasteiger partial charge on any atom is -0.381 e. The highest BCUT2D eigenvalue weighted by Crippen LogP contribution is 2.12. The molecular formula is C17H19FN2O4. The van der Waals surface area contributed by atoms with E-state index in [2.05, 4.69) is 10.5 Å². The smallest absolute Gasteiger partial charge is 0.273 e. The monoisotopic (exact) mass is 334 g/mol. The topological polar surface area (TPSA) is 73.6 Å². The molecule has 0 radical (unpaired) electrons. The first-order chi connectivity index (χ1) is 11.7. The van der Waals surface area contributed by atoms with E-state index >= 15 is 0 Å². The van der Waals surface area contributed by atoms with Crippen LogP contribution in [0.4, 0.5) is 4.39 Å². The molecule has 0 saturated carbocycles. The van der Waals surface area contributed by atoms with Crippen molar-refractivity contribution in [1.82, 2.24) is 10.5 Å². The lowest BCUT2D eigenvalue weighted by atomic mass is 10.1. The summed E-state index contributed by atoms with van der Waals surface area (Å²) in [5.41, 5.74) is 0.673. The summed E-state index contributed by atoms with van der Waals surface area (Å²) in [6.45, 7) is 2.22. The van der Waals surface area contributed by atoms with Crippen LogP contribution in [0.25, 0.3) is 0 Å². The summed E-state index contributed by atoms with van der Waals surface area (Å²) in [6, 6.07) is 7.93. The molecule has 128 valence electrons. The molecule has 1 aliphatic heterocycles. The molecule has 2 aromatic rings. The van der Waals surface area contributed by atoms with Crippen LogP contribution < -0.4 is 5.32 Å². The molecule has 1 unspecified atom stereocenters. The third kappa shape index (κ3) is 4.39. The fourth-order valence-corrected chi connectivity index (χ4v) is 2.44. The van der Waals surface area contributed by atoms with Crippen LogP contribution in [0.2, 0.25) is 0 Å². The van der Waals surface area contributed by atoms with E-state index in [-0.39, 0.29) is 30.6 Å². The molecule has 1 fully saturated rings. The van der Waals surface area contributed by atoms with Gasteiger partial charge in [0.25, 0.3) is 5.91 Å². The summed E-state index contributed by atoms with van der Waals surface area (Å²) < 4.78 is 29.2. The molecule has 1 saturated heterocycles. The van der Waals surface area contributed by atoms with Gasteiger partial charge in [0.15, 0.2) is 11.5 Å². The van der Waals surface area contributed by atoms with Gasteiger partial charge >= 0.3 is 0 Å². The number of benzene rings is 1. The summed E-state index contributed by atoms with van der Waals surface area (Å²) in [5.74, 6) is 0.169. The molecule has 1 atom stereocenters. The van der Waals surface area contributed by atoms with Crippen molar-refractivity contribution < 1.29 is 23.2 Å². The molecular weight excluding hydrogens is 315 g/mol. The zero-order chi connectivity index (χ0) is 16.8. The van der Waals surface area contributed by atoms with Gasteiger partial charge in [-0.15, -0.1) is 0 Å². The quantitative estimate of drug-likeness (QED) is 0.841. The van der Waals surface area contributed by atoms with Gasteiger partial charge < -0.3 is 19.3 Å². The number of hydrogen-bond donors (Lipinski definition) is 1. The number of nitrogens with one attached hydrogen (secondary N) is 1. The van der Waals surface area contributed by atoms with Gasteiger partial charge in [-0.3, -0.25) is 4.79 Å². The first-order valence-electron chi connectivity index (χ1n) is 7.85. The highest BCUT2D eigenvalue weighted by Gasteiger charge is 2.18. The Morgan fingerprint density at radius 3 is 3.04 bits per heavy atom. The lowest BCUT2D eigenvalue weighted by Gasteiger charge is -2.07. The number of rotatable bonds is 7. The van der Waals surface area contributed by atoms with Crippen LogP contribution in [0, 0.1) is 11.7 Å². The SMILES string of the molecule is O=C(NCC1CCOC1)c1cc(COCc2ccccc2F)on1. The third-order valence-electron chi connectivity index (χ3n) is 3.83. The molecule has 1 aromatic carbocycles. The normalized spacial score (nSPS) is 17.1. The third-order valence-corrected chi connectivity index (χ3v) is 3.83. The Bertz CT molecular complexity index is 683. The Morgan fingerprint density at radius 1 is 1.38 bits per heavy atom. The van der Waals surface area contributed by atoms with Crippen LogP contribution in [0.15, 0.2) is 34.9 Å². The average molecular weight is 334 g/mol. The van der Waals surface area contributed by atoms with Gasteiger partial charge in [0.05, 0.1) is 13.2 Å². The van der Waals surface area contributed by atoms with Crippen molar-refractivity contribution in [3.05, 3.63) is 53.2 Å². The standard InChI is InChI=1S/C17H19FN2O4/c18-15-4-2-1-3-13(15)10-23-11-14-7-16(20-24-14)17(21)19-8-12-5-6-22-9-12/h1-4,7,12H,5-6,8-11H2,(H,19,21). The van der Waals surface area contributed by atoms with Crippen LogP contribution in [-0.4, -0.2) is 30.8 Å². The number of hydrogen-bond acceptors (Lipinski definition) is 5. The highest BCUT2D eigenvalue weighted by molar-refractivity contribution is 5.92.